The molecule has 0 radical (unpaired) electrons. The maximum Gasteiger partial charge on any atom is 0.328 e. The van der Waals surface area contributed by atoms with Crippen molar-refractivity contribution in [2.45, 2.75) is 6.04 Å². The molecule has 0 saturated heterocycles. The van der Waals surface area contributed by atoms with Gasteiger partial charge in [0.15, 0.2) is 0 Å². The van der Waals surface area contributed by atoms with Gasteiger partial charge in [-0.15, -0.1) is 0 Å². The molecule has 0 aliphatic heterocycles. The van der Waals surface area contributed by atoms with Gasteiger partial charge in [0, 0.05) is 6.08 Å². The van der Waals surface area contributed by atoms with Crippen LogP contribution in [0.3, 0.4) is 0 Å². The van der Waals surface area contributed by atoms with Crippen molar-refractivity contribution in [1.29, 1.82) is 0 Å². The normalized spacial score (nSPS) is 13.3. The van der Waals surface area contributed by atoms with E-state index in [-0.39, 0.29) is 0 Å². The van der Waals surface area contributed by atoms with E-state index in [4.69, 9.17) is 15.9 Å². The molecular weight excluding hydrogens is 138 g/mol. The quantitative estimate of drug-likeness (QED) is 0.444. The molecule has 1 atom stereocenters. The summed E-state index contributed by atoms with van der Waals surface area (Å²) in [6.07, 6.45) is 1.59. The lowest BCUT2D eigenvalue weighted by Gasteiger charge is -1.94. The second-order valence-electron chi connectivity index (χ2n) is 1.56. The van der Waals surface area contributed by atoms with Gasteiger partial charge in [0.05, 0.1) is 0 Å². The Balaban J connectivity index is 3.89. The highest BCUT2D eigenvalue weighted by Gasteiger charge is 2.05. The van der Waals surface area contributed by atoms with Crippen LogP contribution in [0.25, 0.3) is 0 Å². The molecule has 4 N–H and O–H groups in total. The zero-order chi connectivity index (χ0) is 8.15. The summed E-state index contributed by atoms with van der Waals surface area (Å²) in [4.78, 5) is 19.7. The predicted molar refractivity (Wildman–Crippen MR) is 32.4 cm³/mol. The van der Waals surface area contributed by atoms with Gasteiger partial charge in [-0.1, -0.05) is 0 Å². The highest BCUT2D eigenvalue weighted by molar-refractivity contribution is 5.82. The van der Waals surface area contributed by atoms with Gasteiger partial charge in [0.25, 0.3) is 0 Å². The number of nitrogens with two attached hydrogens (primary N) is 1. The van der Waals surface area contributed by atoms with Gasteiger partial charge in [-0.25, -0.2) is 4.79 Å². The van der Waals surface area contributed by atoms with Crippen molar-refractivity contribution in [3.8, 4) is 0 Å². The van der Waals surface area contributed by atoms with Crippen molar-refractivity contribution < 1.29 is 19.8 Å². The number of rotatable bonds is 3. The number of carboxylic acids is 2. The maximum absolute atomic E-state index is 9.94. The van der Waals surface area contributed by atoms with Gasteiger partial charge < -0.3 is 15.9 Å². The number of hydrogen-bond donors (Lipinski definition) is 3. The first-order valence-corrected chi connectivity index (χ1v) is 2.43. The molecule has 0 saturated carbocycles. The van der Waals surface area contributed by atoms with Crippen molar-refractivity contribution in [2.24, 2.45) is 5.73 Å². The van der Waals surface area contributed by atoms with Crippen LogP contribution in [0.5, 0.6) is 0 Å². The largest absolute Gasteiger partial charge is 0.480 e. The van der Waals surface area contributed by atoms with Gasteiger partial charge in [-0.3, -0.25) is 4.79 Å². The van der Waals surface area contributed by atoms with E-state index < -0.39 is 18.0 Å². The molecule has 0 aliphatic carbocycles. The van der Waals surface area contributed by atoms with Crippen molar-refractivity contribution >= 4 is 11.9 Å². The lowest BCUT2D eigenvalue weighted by molar-refractivity contribution is -0.137. The van der Waals surface area contributed by atoms with E-state index in [1.54, 1.807) is 0 Å². The molecule has 0 amide bonds. The molecule has 56 valence electrons. The lowest BCUT2D eigenvalue weighted by Crippen LogP contribution is -2.27. The molecule has 0 bridgehead atoms. The molecule has 0 spiro atoms. The van der Waals surface area contributed by atoms with E-state index in [2.05, 4.69) is 0 Å². The van der Waals surface area contributed by atoms with Crippen LogP contribution >= 0.6 is 0 Å². The van der Waals surface area contributed by atoms with E-state index in [0.717, 1.165) is 6.08 Å². The SMILES string of the molecule is NC(/C=C\C(=O)O)C(=O)O. The predicted octanol–water partition coefficient (Wildman–Crippen LogP) is -0.961. The molecule has 0 aliphatic rings. The Morgan fingerprint density at radius 3 is 2.20 bits per heavy atom. The molecule has 5 nitrogen and oxygen atoms in total. The highest BCUT2D eigenvalue weighted by Crippen LogP contribution is 1.81. The minimum absolute atomic E-state index is 0.693. The number of carbonyl (C=O) groups is 2. The summed E-state index contributed by atoms with van der Waals surface area (Å²) in [7, 11) is 0. The summed E-state index contributed by atoms with van der Waals surface area (Å²) in [5.41, 5.74) is 4.92. The number of aliphatic carboxylic acids is 2. The first-order valence-electron chi connectivity index (χ1n) is 2.43. The maximum atomic E-state index is 9.94. The Kier molecular flexibility index (Phi) is 3.13. The summed E-state index contributed by atoms with van der Waals surface area (Å²) in [5, 5.41) is 16.1. The summed E-state index contributed by atoms with van der Waals surface area (Å²) in [6, 6.07) is -1.24. The van der Waals surface area contributed by atoms with E-state index in [0.29, 0.717) is 6.08 Å². The van der Waals surface area contributed by atoms with E-state index >= 15 is 0 Å². The fourth-order valence-corrected chi connectivity index (χ4v) is 0.268. The third-order valence-electron chi connectivity index (χ3n) is 0.731. The molecule has 0 rings (SSSR count). The van der Waals surface area contributed by atoms with Gasteiger partial charge in [-0.05, 0) is 6.08 Å². The Morgan fingerprint density at radius 1 is 1.40 bits per heavy atom. The Labute approximate surface area is 56.8 Å². The van der Waals surface area contributed by atoms with Gasteiger partial charge in [0.1, 0.15) is 6.04 Å². The van der Waals surface area contributed by atoms with Crippen LogP contribution in [0.15, 0.2) is 12.2 Å². The Morgan fingerprint density at radius 2 is 1.90 bits per heavy atom. The summed E-state index contributed by atoms with van der Waals surface area (Å²) < 4.78 is 0. The fraction of sp³-hybridized carbons (Fsp3) is 0.200. The third-order valence-corrected chi connectivity index (χ3v) is 0.731. The molecule has 1 unspecified atom stereocenters. The average Bonchev–Trinajstić information content (AvgIpc) is 1.82. The van der Waals surface area contributed by atoms with Crippen LogP contribution in [0.1, 0.15) is 0 Å². The minimum atomic E-state index is -1.25. The first kappa shape index (κ1) is 8.64. The highest BCUT2D eigenvalue weighted by atomic mass is 16.4. The van der Waals surface area contributed by atoms with Crippen LogP contribution in [-0.4, -0.2) is 28.2 Å². The molecule has 0 aromatic rings. The number of carboxylic acid groups (broad SMARTS) is 2. The van der Waals surface area contributed by atoms with E-state index in [1.165, 1.54) is 0 Å². The van der Waals surface area contributed by atoms with Crippen LogP contribution in [-0.2, 0) is 9.59 Å². The van der Waals surface area contributed by atoms with Gasteiger partial charge in [0.2, 0.25) is 0 Å². The molecule has 5 heteroatoms. The van der Waals surface area contributed by atoms with Crippen LogP contribution < -0.4 is 5.73 Å². The second kappa shape index (κ2) is 3.62. The molecule has 0 heterocycles. The van der Waals surface area contributed by atoms with Gasteiger partial charge >= 0.3 is 11.9 Å². The Bertz CT molecular complexity index is 174. The van der Waals surface area contributed by atoms with Crippen molar-refractivity contribution in [2.75, 3.05) is 0 Å². The molecule has 0 fully saturated rings. The van der Waals surface area contributed by atoms with Crippen molar-refractivity contribution in [1.82, 2.24) is 0 Å². The fourth-order valence-electron chi connectivity index (χ4n) is 0.268. The average molecular weight is 145 g/mol. The summed E-state index contributed by atoms with van der Waals surface area (Å²) >= 11 is 0. The zero-order valence-electron chi connectivity index (χ0n) is 5.02. The van der Waals surface area contributed by atoms with Gasteiger partial charge in [-0.2, -0.15) is 0 Å². The topological polar surface area (TPSA) is 101 Å². The van der Waals surface area contributed by atoms with E-state index in [9.17, 15) is 9.59 Å². The summed E-state index contributed by atoms with van der Waals surface area (Å²) in [5.74, 6) is -2.46. The van der Waals surface area contributed by atoms with Crippen LogP contribution in [0.4, 0.5) is 0 Å². The van der Waals surface area contributed by atoms with Crippen LogP contribution in [0, 0.1) is 0 Å². The Hall–Kier alpha value is -1.36. The first-order chi connectivity index (χ1) is 4.54. The standard InChI is InChI=1S/C5H7NO4/c6-3(5(9)10)1-2-4(7)8/h1-3H,6H2,(H,7,8)(H,9,10)/b2-1-. The zero-order valence-corrected chi connectivity index (χ0v) is 5.02. The molecule has 10 heavy (non-hydrogen) atoms. The summed E-state index contributed by atoms with van der Waals surface area (Å²) in [6.45, 7) is 0. The second-order valence-corrected chi connectivity index (χ2v) is 1.56. The monoisotopic (exact) mass is 145 g/mol. The van der Waals surface area contributed by atoms with Crippen molar-refractivity contribution in [3.63, 3.8) is 0 Å². The van der Waals surface area contributed by atoms with E-state index in [1.807, 2.05) is 0 Å². The number of hydrogen-bond acceptors (Lipinski definition) is 3. The molecule has 0 aromatic heterocycles. The lowest BCUT2D eigenvalue weighted by atomic mass is 10.3. The minimum Gasteiger partial charge on any atom is -0.480 e. The molecular formula is C5H7NO4. The third kappa shape index (κ3) is 3.62. The smallest absolute Gasteiger partial charge is 0.328 e. The molecule has 0 aromatic carbocycles. The van der Waals surface area contributed by atoms with Crippen LogP contribution in [0.2, 0.25) is 0 Å². The van der Waals surface area contributed by atoms with Crippen molar-refractivity contribution in [3.05, 3.63) is 12.2 Å².